The number of piperidine rings is 1. The van der Waals surface area contributed by atoms with Crippen LogP contribution in [0.5, 0.6) is 0 Å². The molecule has 1 aromatic rings. The number of carbonyl (C=O) groups is 1. The molecule has 1 aliphatic carbocycles. The Bertz CT molecular complexity index is 849. The summed E-state index contributed by atoms with van der Waals surface area (Å²) in [6, 6.07) is 1.98. The van der Waals surface area contributed by atoms with Crippen molar-refractivity contribution in [2.75, 3.05) is 46.4 Å². The third-order valence-corrected chi connectivity index (χ3v) is 7.93. The number of nitrogens with zero attached hydrogens (tertiary/aromatic N) is 5. The molecule has 10 heteroatoms. The zero-order valence-corrected chi connectivity index (χ0v) is 21.0. The van der Waals surface area contributed by atoms with Gasteiger partial charge in [-0.25, -0.2) is 4.98 Å². The van der Waals surface area contributed by atoms with Gasteiger partial charge in [0.2, 0.25) is 17.0 Å². The van der Waals surface area contributed by atoms with Crippen LogP contribution in [0, 0.1) is 17.2 Å². The van der Waals surface area contributed by atoms with Crippen LogP contribution in [0.3, 0.4) is 0 Å². The highest BCUT2D eigenvalue weighted by atomic mass is 32.1. The molecule has 3 heterocycles. The molecule has 9 nitrogen and oxygen atoms in total. The predicted molar refractivity (Wildman–Crippen MR) is 133 cm³/mol. The van der Waals surface area contributed by atoms with E-state index in [9.17, 15) is 10.1 Å². The fourth-order valence-corrected chi connectivity index (χ4v) is 5.57. The van der Waals surface area contributed by atoms with Crippen LogP contribution in [0.25, 0.3) is 0 Å². The van der Waals surface area contributed by atoms with Crippen molar-refractivity contribution in [2.24, 2.45) is 10.9 Å². The second-order valence-electron chi connectivity index (χ2n) is 9.77. The number of amides is 1. The van der Waals surface area contributed by atoms with Crippen molar-refractivity contribution in [3.63, 3.8) is 0 Å². The maximum Gasteiger partial charge on any atom is 0.243 e. The molecule has 186 valence electrons. The Hall–Kier alpha value is -2.22. The van der Waals surface area contributed by atoms with E-state index in [0.717, 1.165) is 32.4 Å². The lowest BCUT2D eigenvalue weighted by Crippen LogP contribution is -2.60. The first-order valence-corrected chi connectivity index (χ1v) is 13.4. The molecule has 34 heavy (non-hydrogen) atoms. The highest BCUT2D eigenvalue weighted by molar-refractivity contribution is 7.13. The Balaban J connectivity index is 1.54. The molecule has 2 aliphatic heterocycles. The van der Waals surface area contributed by atoms with Gasteiger partial charge >= 0.3 is 0 Å². The molecule has 1 atom stereocenters. The van der Waals surface area contributed by atoms with Crippen molar-refractivity contribution in [1.82, 2.24) is 25.4 Å². The van der Waals surface area contributed by atoms with Gasteiger partial charge in [0.1, 0.15) is 11.6 Å². The van der Waals surface area contributed by atoms with Gasteiger partial charge in [0.25, 0.3) is 0 Å². The molecule has 3 aliphatic rings. The average molecular weight is 488 g/mol. The maximum atomic E-state index is 13.7. The quantitative estimate of drug-likeness (QED) is 0.469. The summed E-state index contributed by atoms with van der Waals surface area (Å²) in [5.41, 5.74) is -0.804. The van der Waals surface area contributed by atoms with E-state index in [1.54, 1.807) is 6.20 Å². The van der Waals surface area contributed by atoms with Crippen molar-refractivity contribution in [1.29, 1.82) is 5.26 Å². The van der Waals surface area contributed by atoms with E-state index in [2.05, 4.69) is 38.5 Å². The third kappa shape index (κ3) is 6.68. The van der Waals surface area contributed by atoms with Crippen molar-refractivity contribution < 1.29 is 9.53 Å². The average Bonchev–Trinajstić information content (AvgIpc) is 3.39. The Kier molecular flexibility index (Phi) is 8.75. The zero-order chi connectivity index (χ0) is 23.8. The number of hydrogen-bond donors (Lipinski definition) is 2. The lowest BCUT2D eigenvalue weighted by molar-refractivity contribution is -0.125. The van der Waals surface area contributed by atoms with E-state index in [1.165, 1.54) is 30.6 Å². The van der Waals surface area contributed by atoms with Crippen molar-refractivity contribution >= 4 is 28.3 Å². The standard InChI is InChI=1S/C24H37N7O2S/c1-30-10-7-24(18-25,8-11-30)29-21(32)20(17-19-5-3-2-4-6-19)27-22(28-23-26-9-16-34-23)31-12-14-33-15-13-31/h9,16,19-20H,2-8,10-15,17H2,1H3,(H,29,32)(H,26,27,28). The molecule has 4 rings (SSSR count). The minimum absolute atomic E-state index is 0.100. The first-order chi connectivity index (χ1) is 16.6. The van der Waals surface area contributed by atoms with E-state index < -0.39 is 11.6 Å². The molecule has 1 unspecified atom stereocenters. The number of ether oxygens (including phenoxy) is 1. The van der Waals surface area contributed by atoms with E-state index >= 15 is 0 Å². The van der Waals surface area contributed by atoms with Crippen molar-refractivity contribution in [3.8, 4) is 6.07 Å². The maximum absolute atomic E-state index is 13.7. The molecule has 0 radical (unpaired) electrons. The highest BCUT2D eigenvalue weighted by Crippen LogP contribution is 2.28. The summed E-state index contributed by atoms with van der Waals surface area (Å²) in [5.74, 6) is 1.07. The van der Waals surface area contributed by atoms with Gasteiger partial charge in [0.15, 0.2) is 0 Å². The predicted octanol–water partition coefficient (Wildman–Crippen LogP) is 2.50. The number of aromatic nitrogens is 1. The Labute approximate surface area is 206 Å². The summed E-state index contributed by atoms with van der Waals surface area (Å²) in [7, 11) is 2.06. The lowest BCUT2D eigenvalue weighted by Gasteiger charge is -2.38. The van der Waals surface area contributed by atoms with E-state index in [-0.39, 0.29) is 5.91 Å². The van der Waals surface area contributed by atoms with Crippen LogP contribution >= 0.6 is 11.3 Å². The largest absolute Gasteiger partial charge is 0.378 e. The molecular formula is C24H37N7O2S. The van der Waals surface area contributed by atoms with E-state index in [4.69, 9.17) is 9.73 Å². The van der Waals surface area contributed by atoms with Gasteiger partial charge in [0, 0.05) is 37.8 Å². The SMILES string of the molecule is CN1CCC(C#N)(NC(=O)C(CC2CCCCC2)N/C(=N\c2nccs2)N2CCOCC2)CC1. The van der Waals surface area contributed by atoms with Crippen LogP contribution < -0.4 is 10.6 Å². The number of aliphatic imine (C=N–C) groups is 1. The van der Waals surface area contributed by atoms with Gasteiger partial charge in [-0.3, -0.25) is 4.79 Å². The molecule has 0 bridgehead atoms. The molecule has 3 fully saturated rings. The topological polar surface area (TPSA) is 106 Å². The molecule has 0 spiro atoms. The summed E-state index contributed by atoms with van der Waals surface area (Å²) in [6.45, 7) is 4.29. The molecule has 1 amide bonds. The van der Waals surface area contributed by atoms with Gasteiger partial charge in [0.05, 0.1) is 19.3 Å². The van der Waals surface area contributed by atoms with Crippen molar-refractivity contribution in [2.45, 2.75) is 62.9 Å². The second-order valence-corrected chi connectivity index (χ2v) is 10.6. The molecular weight excluding hydrogens is 450 g/mol. The minimum atomic E-state index is -0.804. The molecule has 2 N–H and O–H groups in total. The number of nitrogens with one attached hydrogen (secondary N) is 2. The van der Waals surface area contributed by atoms with Gasteiger partial charge in [-0.2, -0.15) is 10.3 Å². The summed E-state index contributed by atoms with van der Waals surface area (Å²) < 4.78 is 5.54. The number of rotatable bonds is 6. The third-order valence-electron chi connectivity index (χ3n) is 7.26. The number of carbonyl (C=O) groups excluding carboxylic acids is 1. The fourth-order valence-electron chi connectivity index (χ4n) is 5.06. The highest BCUT2D eigenvalue weighted by Gasteiger charge is 2.38. The Morgan fingerprint density at radius 1 is 1.29 bits per heavy atom. The summed E-state index contributed by atoms with van der Waals surface area (Å²) in [5, 5.41) is 19.2. The number of thiazole rings is 1. The van der Waals surface area contributed by atoms with Crippen molar-refractivity contribution in [3.05, 3.63) is 11.6 Å². The first-order valence-electron chi connectivity index (χ1n) is 12.6. The van der Waals surface area contributed by atoms with Crippen LogP contribution in [-0.4, -0.2) is 84.7 Å². The van der Waals surface area contributed by atoms with E-state index in [1.807, 2.05) is 5.38 Å². The first kappa shape index (κ1) is 24.9. The summed E-state index contributed by atoms with van der Waals surface area (Å²) in [4.78, 5) is 27.2. The molecule has 1 aromatic heterocycles. The Morgan fingerprint density at radius 2 is 2.03 bits per heavy atom. The van der Waals surface area contributed by atoms with Crippen LogP contribution in [0.4, 0.5) is 5.13 Å². The van der Waals surface area contributed by atoms with Gasteiger partial charge in [-0.05, 0) is 32.2 Å². The van der Waals surface area contributed by atoms with E-state index in [0.29, 0.717) is 56.2 Å². The second kappa shape index (κ2) is 12.0. The molecule has 2 saturated heterocycles. The summed E-state index contributed by atoms with van der Waals surface area (Å²) >= 11 is 1.47. The monoisotopic (exact) mass is 487 g/mol. The summed E-state index contributed by atoms with van der Waals surface area (Å²) in [6.07, 6.45) is 9.78. The van der Waals surface area contributed by atoms with Crippen LogP contribution in [-0.2, 0) is 9.53 Å². The number of likely N-dealkylation sites (tertiary alicyclic amines) is 1. The number of hydrogen-bond acceptors (Lipinski definition) is 7. The van der Waals surface area contributed by atoms with Crippen LogP contribution in [0.15, 0.2) is 16.6 Å². The molecule has 1 saturated carbocycles. The lowest BCUT2D eigenvalue weighted by atomic mass is 9.84. The Morgan fingerprint density at radius 3 is 2.68 bits per heavy atom. The molecule has 0 aromatic carbocycles. The normalized spacial score (nSPS) is 23.2. The number of guanidine groups is 1. The fraction of sp³-hybridized carbons (Fsp3) is 0.750. The van der Waals surface area contributed by atoms with Crippen LogP contribution in [0.1, 0.15) is 51.4 Å². The number of nitriles is 1. The van der Waals surface area contributed by atoms with Gasteiger partial charge in [-0.15, -0.1) is 11.3 Å². The van der Waals surface area contributed by atoms with Gasteiger partial charge in [-0.1, -0.05) is 32.1 Å². The minimum Gasteiger partial charge on any atom is -0.378 e. The smallest absolute Gasteiger partial charge is 0.243 e. The van der Waals surface area contributed by atoms with Gasteiger partial charge < -0.3 is 25.2 Å². The van der Waals surface area contributed by atoms with Crippen LogP contribution in [0.2, 0.25) is 0 Å². The number of morpholine rings is 1. The zero-order valence-electron chi connectivity index (χ0n) is 20.2.